The lowest BCUT2D eigenvalue weighted by Crippen LogP contribution is -2.45. The van der Waals surface area contributed by atoms with E-state index in [-0.39, 0.29) is 23.7 Å². The van der Waals surface area contributed by atoms with Crippen LogP contribution < -0.4 is 0 Å². The molecule has 1 heterocycles. The fourth-order valence-electron chi connectivity index (χ4n) is 3.30. The smallest absolute Gasteiger partial charge is 0.324 e. The number of carbonyl (C=O) groups is 2. The minimum absolute atomic E-state index is 0.144. The second-order valence-electron chi connectivity index (χ2n) is 6.93. The highest BCUT2D eigenvalue weighted by Gasteiger charge is 2.33. The summed E-state index contributed by atoms with van der Waals surface area (Å²) in [6, 6.07) is 7.26. The molecule has 4 heteroatoms. The van der Waals surface area contributed by atoms with Crippen molar-refractivity contribution in [3.8, 4) is 0 Å². The van der Waals surface area contributed by atoms with Crippen LogP contribution in [0.2, 0.25) is 0 Å². The Labute approximate surface area is 145 Å². The fraction of sp³-hybridized carbons (Fsp3) is 0.600. The third-order valence-electron chi connectivity index (χ3n) is 4.72. The molecule has 0 N–H and O–H groups in total. The van der Waals surface area contributed by atoms with E-state index in [0.717, 1.165) is 32.4 Å². The molecule has 0 amide bonds. The third-order valence-corrected chi connectivity index (χ3v) is 4.72. The maximum atomic E-state index is 12.6. The normalized spacial score (nSPS) is 17.7. The molecule has 0 unspecified atom stereocenters. The van der Waals surface area contributed by atoms with Crippen molar-refractivity contribution in [3.63, 3.8) is 0 Å². The summed E-state index contributed by atoms with van der Waals surface area (Å²) in [7, 11) is 0. The summed E-state index contributed by atoms with van der Waals surface area (Å²) in [6.45, 7) is 9.65. The van der Waals surface area contributed by atoms with Crippen molar-refractivity contribution in [1.29, 1.82) is 0 Å². The molecule has 1 aliphatic rings. The molecule has 0 aliphatic carbocycles. The summed E-state index contributed by atoms with van der Waals surface area (Å²) >= 11 is 0. The van der Waals surface area contributed by atoms with Gasteiger partial charge in [0.2, 0.25) is 5.78 Å². The molecule has 0 spiro atoms. The van der Waals surface area contributed by atoms with Gasteiger partial charge in [-0.1, -0.05) is 45.0 Å². The molecule has 4 nitrogen and oxygen atoms in total. The zero-order valence-electron chi connectivity index (χ0n) is 15.2. The van der Waals surface area contributed by atoms with Crippen LogP contribution >= 0.6 is 0 Å². The first kappa shape index (κ1) is 18.7. The van der Waals surface area contributed by atoms with E-state index in [2.05, 4.69) is 11.8 Å². The van der Waals surface area contributed by atoms with Crippen LogP contribution in [0.5, 0.6) is 0 Å². The summed E-state index contributed by atoms with van der Waals surface area (Å²) in [6.07, 6.45) is 2.42. The van der Waals surface area contributed by atoms with E-state index in [1.165, 1.54) is 5.56 Å². The van der Waals surface area contributed by atoms with Crippen molar-refractivity contribution in [2.75, 3.05) is 13.1 Å². The maximum absolute atomic E-state index is 12.6. The fourth-order valence-corrected chi connectivity index (χ4v) is 3.30. The van der Waals surface area contributed by atoms with Crippen molar-refractivity contribution in [3.05, 3.63) is 35.4 Å². The van der Waals surface area contributed by atoms with Gasteiger partial charge in [0.25, 0.3) is 0 Å². The van der Waals surface area contributed by atoms with Gasteiger partial charge in [-0.3, -0.25) is 14.5 Å². The van der Waals surface area contributed by atoms with Crippen molar-refractivity contribution in [2.45, 2.75) is 59.1 Å². The largest absolute Gasteiger partial charge is 0.453 e. The Morgan fingerprint density at radius 2 is 1.67 bits per heavy atom. The summed E-state index contributed by atoms with van der Waals surface area (Å²) < 4.78 is 5.53. The second-order valence-corrected chi connectivity index (χ2v) is 6.93. The SMILES string of the molecule is CCc1ccc(C(=O)[C@H](C)OC(=O)[C@H](C(C)C)N2CCCC2)cc1. The van der Waals surface area contributed by atoms with E-state index in [9.17, 15) is 9.59 Å². The number of carbonyl (C=O) groups excluding carboxylic acids is 2. The Bertz CT molecular complexity index is 559. The molecule has 0 aromatic heterocycles. The Kier molecular flexibility index (Phi) is 6.55. The average Bonchev–Trinajstić information content (AvgIpc) is 3.07. The van der Waals surface area contributed by atoms with E-state index < -0.39 is 6.10 Å². The molecule has 1 aromatic carbocycles. The monoisotopic (exact) mass is 331 g/mol. The predicted molar refractivity (Wildman–Crippen MR) is 95.1 cm³/mol. The number of ketones is 1. The molecular weight excluding hydrogens is 302 g/mol. The Balaban J connectivity index is 2.01. The zero-order chi connectivity index (χ0) is 17.7. The van der Waals surface area contributed by atoms with Gasteiger partial charge < -0.3 is 4.74 Å². The van der Waals surface area contributed by atoms with Crippen LogP contribution in [0.15, 0.2) is 24.3 Å². The van der Waals surface area contributed by atoms with E-state index in [1.54, 1.807) is 6.92 Å². The standard InChI is InChI=1S/C20H29NO3/c1-5-16-8-10-17(11-9-16)19(22)15(4)24-20(23)18(14(2)3)21-12-6-7-13-21/h8-11,14-15,18H,5-7,12-13H2,1-4H3/t15-,18-/m0/s1. The van der Waals surface area contributed by atoms with Gasteiger partial charge >= 0.3 is 5.97 Å². The Morgan fingerprint density at radius 1 is 1.08 bits per heavy atom. The number of likely N-dealkylation sites (tertiary alicyclic amines) is 1. The van der Waals surface area contributed by atoms with Gasteiger partial charge in [-0.05, 0) is 50.8 Å². The average molecular weight is 331 g/mol. The zero-order valence-corrected chi connectivity index (χ0v) is 15.2. The number of esters is 1. The number of aryl methyl sites for hydroxylation is 1. The first-order valence-corrected chi connectivity index (χ1v) is 9.01. The van der Waals surface area contributed by atoms with E-state index in [4.69, 9.17) is 4.74 Å². The molecule has 2 rings (SSSR count). The minimum atomic E-state index is -0.756. The topological polar surface area (TPSA) is 46.6 Å². The highest BCUT2D eigenvalue weighted by Crippen LogP contribution is 2.20. The summed E-state index contributed by atoms with van der Waals surface area (Å²) in [5.74, 6) is -0.255. The van der Waals surface area contributed by atoms with Crippen LogP contribution in [0.25, 0.3) is 0 Å². The van der Waals surface area contributed by atoms with Crippen molar-refractivity contribution in [2.24, 2.45) is 5.92 Å². The van der Waals surface area contributed by atoms with Crippen molar-refractivity contribution >= 4 is 11.8 Å². The quantitative estimate of drug-likeness (QED) is 0.567. The first-order valence-electron chi connectivity index (χ1n) is 9.01. The van der Waals surface area contributed by atoms with Crippen LogP contribution in [-0.4, -0.2) is 41.9 Å². The molecule has 24 heavy (non-hydrogen) atoms. The predicted octanol–water partition coefficient (Wildman–Crippen LogP) is 3.48. The summed E-state index contributed by atoms with van der Waals surface area (Å²) in [5.41, 5.74) is 1.78. The number of Topliss-reactive ketones (excluding diaryl/α,β-unsaturated/α-hetero) is 1. The van der Waals surface area contributed by atoms with Crippen LogP contribution in [0.3, 0.4) is 0 Å². The van der Waals surface area contributed by atoms with Gasteiger partial charge in [0.05, 0.1) is 0 Å². The summed E-state index contributed by atoms with van der Waals surface area (Å²) in [4.78, 5) is 27.3. The van der Waals surface area contributed by atoms with Gasteiger partial charge in [-0.2, -0.15) is 0 Å². The van der Waals surface area contributed by atoms with E-state index in [0.29, 0.717) is 5.56 Å². The van der Waals surface area contributed by atoms with Crippen molar-refractivity contribution < 1.29 is 14.3 Å². The Morgan fingerprint density at radius 3 is 2.17 bits per heavy atom. The van der Waals surface area contributed by atoms with Gasteiger partial charge in [0.15, 0.2) is 6.10 Å². The molecule has 1 fully saturated rings. The highest BCUT2D eigenvalue weighted by atomic mass is 16.5. The maximum Gasteiger partial charge on any atom is 0.324 e. The van der Waals surface area contributed by atoms with Crippen LogP contribution in [0.4, 0.5) is 0 Å². The van der Waals surface area contributed by atoms with Crippen LogP contribution in [0.1, 0.15) is 56.5 Å². The molecule has 2 atom stereocenters. The lowest BCUT2D eigenvalue weighted by molar-refractivity contribution is -0.154. The van der Waals surface area contributed by atoms with Crippen LogP contribution in [-0.2, 0) is 16.0 Å². The number of hydrogen-bond acceptors (Lipinski definition) is 4. The minimum Gasteiger partial charge on any atom is -0.453 e. The number of nitrogens with zero attached hydrogens (tertiary/aromatic N) is 1. The summed E-state index contributed by atoms with van der Waals surface area (Å²) in [5, 5.41) is 0. The molecule has 1 aliphatic heterocycles. The van der Waals surface area contributed by atoms with Crippen molar-refractivity contribution in [1.82, 2.24) is 4.90 Å². The molecule has 0 radical (unpaired) electrons. The lowest BCUT2D eigenvalue weighted by atomic mass is 10.0. The highest BCUT2D eigenvalue weighted by molar-refractivity contribution is 6.00. The third kappa shape index (κ3) is 4.44. The number of rotatable bonds is 7. The molecule has 1 aromatic rings. The molecule has 0 bridgehead atoms. The number of benzene rings is 1. The molecular formula is C20H29NO3. The molecule has 132 valence electrons. The molecule has 0 saturated carbocycles. The molecule has 1 saturated heterocycles. The van der Waals surface area contributed by atoms with E-state index in [1.807, 2.05) is 38.1 Å². The van der Waals surface area contributed by atoms with Crippen LogP contribution in [0, 0.1) is 5.92 Å². The second kappa shape index (κ2) is 8.43. The number of ether oxygens (including phenoxy) is 1. The van der Waals surface area contributed by atoms with Gasteiger partial charge in [0.1, 0.15) is 6.04 Å². The van der Waals surface area contributed by atoms with E-state index >= 15 is 0 Å². The lowest BCUT2D eigenvalue weighted by Gasteiger charge is -2.29. The van der Waals surface area contributed by atoms with Gasteiger partial charge in [-0.15, -0.1) is 0 Å². The van der Waals surface area contributed by atoms with Gasteiger partial charge in [0, 0.05) is 5.56 Å². The number of hydrogen-bond donors (Lipinski definition) is 0. The first-order chi connectivity index (χ1) is 11.4. The Hall–Kier alpha value is -1.68. The van der Waals surface area contributed by atoms with Gasteiger partial charge in [-0.25, -0.2) is 0 Å².